The molecule has 1 N–H and O–H groups in total. The van der Waals surface area contributed by atoms with Crippen LogP contribution in [0.25, 0.3) is 11.3 Å². The van der Waals surface area contributed by atoms with Crippen LogP contribution in [0.15, 0.2) is 41.2 Å². The lowest BCUT2D eigenvalue weighted by atomic mass is 9.98. The molecule has 1 heterocycles. The quantitative estimate of drug-likeness (QED) is 0.944. The number of pyridine rings is 1. The molecule has 0 atom stereocenters. The molecule has 4 heteroatoms. The summed E-state index contributed by atoms with van der Waals surface area (Å²) < 4.78 is 7.09. The molecule has 0 amide bonds. The predicted molar refractivity (Wildman–Crippen MR) is 86.2 cm³/mol. The molecule has 0 bridgehead atoms. The third-order valence-corrected chi connectivity index (χ3v) is 4.05. The first-order valence-electron chi connectivity index (χ1n) is 7.54. The number of nitrogens with zero attached hydrogens (tertiary/aromatic N) is 1. The second kappa shape index (κ2) is 5.29. The summed E-state index contributed by atoms with van der Waals surface area (Å²) in [6.07, 6.45) is 2.01. The van der Waals surface area contributed by atoms with Gasteiger partial charge in [-0.25, -0.2) is 0 Å². The summed E-state index contributed by atoms with van der Waals surface area (Å²) in [5.74, 6) is 0.763. The van der Waals surface area contributed by atoms with Gasteiger partial charge in [-0.3, -0.25) is 4.79 Å². The van der Waals surface area contributed by atoms with Gasteiger partial charge in [-0.05, 0) is 51.0 Å². The lowest BCUT2D eigenvalue weighted by Crippen LogP contribution is -2.32. The van der Waals surface area contributed by atoms with Gasteiger partial charge in [0.25, 0.3) is 5.56 Å². The van der Waals surface area contributed by atoms with Gasteiger partial charge >= 0.3 is 0 Å². The highest BCUT2D eigenvalue weighted by Crippen LogP contribution is 2.38. The fourth-order valence-electron chi connectivity index (χ4n) is 2.73. The number of rotatable bonds is 4. The number of aromatic nitrogens is 1. The minimum absolute atomic E-state index is 0.102. The maximum atomic E-state index is 12.8. The van der Waals surface area contributed by atoms with Gasteiger partial charge in [0.2, 0.25) is 0 Å². The molecule has 1 saturated carbocycles. The van der Waals surface area contributed by atoms with Crippen molar-refractivity contribution in [3.05, 3.63) is 52.3 Å². The van der Waals surface area contributed by atoms with Crippen molar-refractivity contribution < 1.29 is 9.84 Å². The standard InChI is InChI=1S/C18H21NO3/c1-18(2,21)15-9-10-16(19(17(15)20)13-7-8-13)12-5-4-6-14(11-12)22-3/h4-6,9-11,13,21H,7-8H2,1-3H3. The molecule has 0 spiro atoms. The van der Waals surface area contributed by atoms with E-state index in [9.17, 15) is 9.90 Å². The average Bonchev–Trinajstić information content (AvgIpc) is 3.30. The normalized spacial score (nSPS) is 14.9. The lowest BCUT2D eigenvalue weighted by Gasteiger charge is -2.21. The Hall–Kier alpha value is -2.07. The lowest BCUT2D eigenvalue weighted by molar-refractivity contribution is 0.0765. The van der Waals surface area contributed by atoms with Gasteiger partial charge in [0.05, 0.1) is 18.4 Å². The summed E-state index contributed by atoms with van der Waals surface area (Å²) in [4.78, 5) is 12.8. The second-order valence-electron chi connectivity index (χ2n) is 6.33. The monoisotopic (exact) mass is 299 g/mol. The van der Waals surface area contributed by atoms with Crippen LogP contribution in [0.4, 0.5) is 0 Å². The summed E-state index contributed by atoms with van der Waals surface area (Å²) in [7, 11) is 1.63. The molecule has 4 nitrogen and oxygen atoms in total. The van der Waals surface area contributed by atoms with Gasteiger partial charge in [-0.15, -0.1) is 0 Å². The molecule has 1 aromatic carbocycles. The van der Waals surface area contributed by atoms with Crippen LogP contribution in [0.3, 0.4) is 0 Å². The first kappa shape index (κ1) is 14.9. The van der Waals surface area contributed by atoms with E-state index in [0.29, 0.717) is 5.56 Å². The molecule has 1 aromatic heterocycles. The van der Waals surface area contributed by atoms with Crippen molar-refractivity contribution in [1.82, 2.24) is 4.57 Å². The average molecular weight is 299 g/mol. The number of methoxy groups -OCH3 is 1. The van der Waals surface area contributed by atoms with Crippen LogP contribution in [0.5, 0.6) is 5.75 Å². The Balaban J connectivity index is 2.20. The Morgan fingerprint density at radius 3 is 2.55 bits per heavy atom. The fraction of sp³-hybridized carbons (Fsp3) is 0.389. The Labute approximate surface area is 130 Å². The van der Waals surface area contributed by atoms with Gasteiger partial charge in [-0.1, -0.05) is 12.1 Å². The highest BCUT2D eigenvalue weighted by atomic mass is 16.5. The van der Waals surface area contributed by atoms with Gasteiger partial charge < -0.3 is 14.4 Å². The zero-order valence-corrected chi connectivity index (χ0v) is 13.2. The van der Waals surface area contributed by atoms with Gasteiger partial charge in [0.15, 0.2) is 0 Å². The molecule has 22 heavy (non-hydrogen) atoms. The minimum atomic E-state index is -1.14. The molecule has 1 aliphatic carbocycles. The molecule has 1 fully saturated rings. The summed E-state index contributed by atoms with van der Waals surface area (Å²) in [6.45, 7) is 3.29. The van der Waals surface area contributed by atoms with Crippen molar-refractivity contribution in [2.75, 3.05) is 7.11 Å². The molecule has 2 aromatic rings. The van der Waals surface area contributed by atoms with E-state index in [1.165, 1.54) is 0 Å². The predicted octanol–water partition coefficient (Wildman–Crippen LogP) is 3.09. The molecule has 3 rings (SSSR count). The first-order valence-corrected chi connectivity index (χ1v) is 7.54. The first-order chi connectivity index (χ1) is 10.4. The van der Waals surface area contributed by atoms with Crippen LogP contribution < -0.4 is 10.3 Å². The van der Waals surface area contributed by atoms with Crippen molar-refractivity contribution in [1.29, 1.82) is 0 Å². The Morgan fingerprint density at radius 1 is 1.23 bits per heavy atom. The van der Waals surface area contributed by atoms with E-state index in [-0.39, 0.29) is 11.6 Å². The number of benzene rings is 1. The van der Waals surface area contributed by atoms with Crippen molar-refractivity contribution in [2.24, 2.45) is 0 Å². The topological polar surface area (TPSA) is 51.5 Å². The van der Waals surface area contributed by atoms with E-state index in [1.807, 2.05) is 34.9 Å². The summed E-state index contributed by atoms with van der Waals surface area (Å²) in [5, 5.41) is 10.2. The minimum Gasteiger partial charge on any atom is -0.497 e. The summed E-state index contributed by atoms with van der Waals surface area (Å²) in [6, 6.07) is 11.6. The van der Waals surface area contributed by atoms with Gasteiger partial charge in [0, 0.05) is 17.2 Å². The van der Waals surface area contributed by atoms with E-state index in [1.54, 1.807) is 27.0 Å². The van der Waals surface area contributed by atoms with Crippen LogP contribution in [0, 0.1) is 0 Å². The van der Waals surface area contributed by atoms with E-state index in [0.717, 1.165) is 29.8 Å². The Bertz CT molecular complexity index is 752. The van der Waals surface area contributed by atoms with Gasteiger partial charge in [-0.2, -0.15) is 0 Å². The fourth-order valence-corrected chi connectivity index (χ4v) is 2.73. The molecule has 0 unspecified atom stereocenters. The third kappa shape index (κ3) is 2.66. The van der Waals surface area contributed by atoms with E-state index >= 15 is 0 Å². The van der Waals surface area contributed by atoms with E-state index in [2.05, 4.69) is 0 Å². The van der Waals surface area contributed by atoms with Crippen LogP contribution in [0.2, 0.25) is 0 Å². The maximum Gasteiger partial charge on any atom is 0.257 e. The molecule has 1 aliphatic rings. The second-order valence-corrected chi connectivity index (χ2v) is 6.33. The Kier molecular flexibility index (Phi) is 3.57. The zero-order valence-electron chi connectivity index (χ0n) is 13.2. The smallest absolute Gasteiger partial charge is 0.257 e. The highest BCUT2D eigenvalue weighted by molar-refractivity contribution is 5.62. The van der Waals surface area contributed by atoms with Crippen molar-refractivity contribution >= 4 is 0 Å². The van der Waals surface area contributed by atoms with Crippen molar-refractivity contribution in [3.63, 3.8) is 0 Å². The zero-order chi connectivity index (χ0) is 15.9. The molecule has 116 valence electrons. The van der Waals surface area contributed by atoms with Crippen LogP contribution in [0.1, 0.15) is 38.3 Å². The summed E-state index contributed by atoms with van der Waals surface area (Å²) >= 11 is 0. The molecular weight excluding hydrogens is 278 g/mol. The van der Waals surface area contributed by atoms with E-state index < -0.39 is 5.60 Å². The third-order valence-electron chi connectivity index (χ3n) is 4.05. The van der Waals surface area contributed by atoms with Crippen LogP contribution >= 0.6 is 0 Å². The largest absolute Gasteiger partial charge is 0.497 e. The maximum absolute atomic E-state index is 12.8. The highest BCUT2D eigenvalue weighted by Gasteiger charge is 2.30. The van der Waals surface area contributed by atoms with Crippen molar-refractivity contribution in [2.45, 2.75) is 38.3 Å². The molecule has 0 radical (unpaired) electrons. The van der Waals surface area contributed by atoms with Crippen LogP contribution in [-0.2, 0) is 5.60 Å². The number of hydrogen-bond acceptors (Lipinski definition) is 3. The number of aliphatic hydroxyl groups is 1. The van der Waals surface area contributed by atoms with Gasteiger partial charge in [0.1, 0.15) is 5.75 Å². The van der Waals surface area contributed by atoms with E-state index in [4.69, 9.17) is 4.74 Å². The van der Waals surface area contributed by atoms with Crippen LogP contribution in [-0.4, -0.2) is 16.8 Å². The molecule has 0 saturated heterocycles. The number of hydrogen-bond donors (Lipinski definition) is 1. The number of ether oxygens (including phenoxy) is 1. The SMILES string of the molecule is COc1cccc(-c2ccc(C(C)(C)O)c(=O)n2C2CC2)c1. The Morgan fingerprint density at radius 2 is 1.95 bits per heavy atom. The molecular formula is C18H21NO3. The van der Waals surface area contributed by atoms with Crippen molar-refractivity contribution in [3.8, 4) is 17.0 Å². The summed E-state index contributed by atoms with van der Waals surface area (Å²) in [5.41, 5.74) is 1.02. The molecule has 0 aliphatic heterocycles.